The molecular weight excluding hydrogens is 288 g/mol. The smallest absolute Gasteiger partial charge is 0.256 e. The molecule has 0 aliphatic carbocycles. The number of rotatable bonds is 5. The van der Waals surface area contributed by atoms with E-state index in [4.69, 9.17) is 0 Å². The van der Waals surface area contributed by atoms with Gasteiger partial charge >= 0.3 is 0 Å². The Morgan fingerprint density at radius 1 is 1.13 bits per heavy atom. The van der Waals surface area contributed by atoms with Crippen molar-refractivity contribution in [2.75, 3.05) is 24.5 Å². The summed E-state index contributed by atoms with van der Waals surface area (Å²) in [4.78, 5) is 25.1. The maximum absolute atomic E-state index is 12.3. The second-order valence-corrected chi connectivity index (χ2v) is 5.77. The van der Waals surface area contributed by atoms with Crippen LogP contribution in [0.4, 0.5) is 5.95 Å². The number of hydrogen-bond acceptors (Lipinski definition) is 4. The molecule has 5 heteroatoms. The molecule has 0 atom stereocenters. The predicted molar refractivity (Wildman–Crippen MR) is 90.3 cm³/mol. The summed E-state index contributed by atoms with van der Waals surface area (Å²) in [6.45, 7) is 5.34. The van der Waals surface area contributed by atoms with Crippen molar-refractivity contribution < 1.29 is 4.79 Å². The van der Waals surface area contributed by atoms with Gasteiger partial charge in [-0.05, 0) is 25.3 Å². The summed E-state index contributed by atoms with van der Waals surface area (Å²) < 4.78 is 0. The Morgan fingerprint density at radius 3 is 2.39 bits per heavy atom. The van der Waals surface area contributed by atoms with Crippen LogP contribution in [0.15, 0.2) is 42.7 Å². The van der Waals surface area contributed by atoms with Crippen molar-refractivity contribution in [3.8, 4) is 0 Å². The Hall–Kier alpha value is -2.43. The molecule has 2 aromatic rings. The fourth-order valence-electron chi connectivity index (χ4n) is 2.83. The number of nitrogens with zero attached hydrogens (tertiary/aromatic N) is 4. The molecule has 0 unspecified atom stereocenters. The molecule has 5 nitrogen and oxygen atoms in total. The molecule has 0 saturated carbocycles. The molecule has 3 rings (SSSR count). The fourth-order valence-corrected chi connectivity index (χ4v) is 2.83. The van der Waals surface area contributed by atoms with Gasteiger partial charge in [0, 0.05) is 38.6 Å². The third-order valence-corrected chi connectivity index (χ3v) is 4.16. The molecular formula is C18H22N4O. The van der Waals surface area contributed by atoms with Crippen molar-refractivity contribution in [2.45, 2.75) is 26.3 Å². The summed E-state index contributed by atoms with van der Waals surface area (Å²) >= 11 is 0. The lowest BCUT2D eigenvalue weighted by atomic mass is 10.2. The van der Waals surface area contributed by atoms with E-state index in [1.165, 1.54) is 5.56 Å². The van der Waals surface area contributed by atoms with Crippen LogP contribution in [0.25, 0.3) is 0 Å². The first-order valence-corrected chi connectivity index (χ1v) is 8.18. The molecule has 1 amide bonds. The van der Waals surface area contributed by atoms with E-state index in [-0.39, 0.29) is 5.91 Å². The number of amides is 1. The van der Waals surface area contributed by atoms with Crippen molar-refractivity contribution >= 4 is 11.9 Å². The standard InChI is InChI=1S/C18H22N4O/c1-2-21(14-15-8-4-3-5-9-15)18-19-12-16(13-20-18)17(23)22-10-6-7-11-22/h3-5,8-9,12-13H,2,6-7,10-11,14H2,1H3. The van der Waals surface area contributed by atoms with Crippen LogP contribution in [0.5, 0.6) is 0 Å². The van der Waals surface area contributed by atoms with Gasteiger partial charge in [0.15, 0.2) is 0 Å². The third kappa shape index (κ3) is 3.67. The van der Waals surface area contributed by atoms with Gasteiger partial charge in [-0.2, -0.15) is 0 Å². The van der Waals surface area contributed by atoms with Gasteiger partial charge in [-0.15, -0.1) is 0 Å². The molecule has 0 spiro atoms. The molecule has 2 heterocycles. The van der Waals surface area contributed by atoms with Crippen molar-refractivity contribution in [2.24, 2.45) is 0 Å². The van der Waals surface area contributed by atoms with Crippen LogP contribution in [-0.4, -0.2) is 40.4 Å². The van der Waals surface area contributed by atoms with Gasteiger partial charge in [0.25, 0.3) is 5.91 Å². The molecule has 0 bridgehead atoms. The summed E-state index contributed by atoms with van der Waals surface area (Å²) in [5.74, 6) is 0.703. The van der Waals surface area contributed by atoms with Crippen LogP contribution < -0.4 is 4.90 Å². The minimum atomic E-state index is 0.0418. The maximum Gasteiger partial charge on any atom is 0.256 e. The van der Waals surface area contributed by atoms with Gasteiger partial charge in [-0.3, -0.25) is 4.79 Å². The van der Waals surface area contributed by atoms with Crippen LogP contribution in [0.1, 0.15) is 35.7 Å². The third-order valence-electron chi connectivity index (χ3n) is 4.16. The fraction of sp³-hybridized carbons (Fsp3) is 0.389. The number of benzene rings is 1. The van der Waals surface area contributed by atoms with Crippen molar-refractivity contribution in [1.29, 1.82) is 0 Å². The van der Waals surface area contributed by atoms with Gasteiger partial charge in [0.05, 0.1) is 5.56 Å². The van der Waals surface area contributed by atoms with E-state index in [1.54, 1.807) is 12.4 Å². The largest absolute Gasteiger partial charge is 0.339 e. The van der Waals surface area contributed by atoms with Gasteiger partial charge in [0.1, 0.15) is 0 Å². The first-order valence-electron chi connectivity index (χ1n) is 8.18. The first-order chi connectivity index (χ1) is 11.3. The highest BCUT2D eigenvalue weighted by molar-refractivity contribution is 5.93. The molecule has 1 saturated heterocycles. The van der Waals surface area contributed by atoms with Crippen molar-refractivity contribution in [3.05, 3.63) is 53.9 Å². The zero-order valence-corrected chi connectivity index (χ0v) is 13.5. The normalized spacial score (nSPS) is 14.0. The number of carbonyl (C=O) groups excluding carboxylic acids is 1. The minimum Gasteiger partial charge on any atom is -0.339 e. The first kappa shape index (κ1) is 15.5. The van der Waals surface area contributed by atoms with Gasteiger partial charge in [-0.1, -0.05) is 30.3 Å². The molecule has 1 aliphatic heterocycles. The highest BCUT2D eigenvalue weighted by atomic mass is 16.2. The van der Waals surface area contributed by atoms with Crippen LogP contribution in [0.3, 0.4) is 0 Å². The van der Waals surface area contributed by atoms with Crippen LogP contribution in [-0.2, 0) is 6.54 Å². The second kappa shape index (κ2) is 7.22. The number of aromatic nitrogens is 2. The van der Waals surface area contributed by atoms with Gasteiger partial charge in [0.2, 0.25) is 5.95 Å². The topological polar surface area (TPSA) is 49.3 Å². The lowest BCUT2D eigenvalue weighted by Gasteiger charge is -2.21. The maximum atomic E-state index is 12.3. The second-order valence-electron chi connectivity index (χ2n) is 5.77. The van der Waals surface area contributed by atoms with Gasteiger partial charge in [-0.25, -0.2) is 9.97 Å². The summed E-state index contributed by atoms with van der Waals surface area (Å²) in [5, 5.41) is 0. The monoisotopic (exact) mass is 310 g/mol. The lowest BCUT2D eigenvalue weighted by Crippen LogP contribution is -2.28. The summed E-state index contributed by atoms with van der Waals surface area (Å²) in [6, 6.07) is 10.3. The number of hydrogen-bond donors (Lipinski definition) is 0. The van der Waals surface area contributed by atoms with E-state index < -0.39 is 0 Å². The molecule has 23 heavy (non-hydrogen) atoms. The average Bonchev–Trinajstić information content (AvgIpc) is 3.15. The zero-order chi connectivity index (χ0) is 16.1. The number of likely N-dealkylation sites (tertiary alicyclic amines) is 1. The Morgan fingerprint density at radius 2 is 1.78 bits per heavy atom. The summed E-state index contributed by atoms with van der Waals surface area (Å²) in [5.41, 5.74) is 1.79. The SMILES string of the molecule is CCN(Cc1ccccc1)c1ncc(C(=O)N2CCCC2)cn1. The Balaban J connectivity index is 1.71. The van der Waals surface area contributed by atoms with E-state index in [0.717, 1.165) is 39.0 Å². The van der Waals surface area contributed by atoms with Crippen molar-refractivity contribution in [1.82, 2.24) is 14.9 Å². The Kier molecular flexibility index (Phi) is 4.86. The molecule has 1 aromatic heterocycles. The summed E-state index contributed by atoms with van der Waals surface area (Å²) in [6.07, 6.45) is 5.48. The van der Waals surface area contributed by atoms with Gasteiger partial charge < -0.3 is 9.80 Å². The lowest BCUT2D eigenvalue weighted by molar-refractivity contribution is 0.0792. The molecule has 120 valence electrons. The highest BCUT2D eigenvalue weighted by Crippen LogP contribution is 2.15. The van der Waals surface area contributed by atoms with Crippen molar-refractivity contribution in [3.63, 3.8) is 0 Å². The predicted octanol–water partition coefficient (Wildman–Crippen LogP) is 2.74. The summed E-state index contributed by atoms with van der Waals surface area (Å²) in [7, 11) is 0. The zero-order valence-electron chi connectivity index (χ0n) is 13.5. The molecule has 0 N–H and O–H groups in total. The molecule has 1 fully saturated rings. The van der Waals surface area contributed by atoms with E-state index in [0.29, 0.717) is 11.5 Å². The average molecular weight is 310 g/mol. The quantitative estimate of drug-likeness (QED) is 0.852. The molecule has 1 aromatic carbocycles. The number of anilines is 1. The Labute approximate surface area is 137 Å². The van der Waals surface area contributed by atoms with E-state index >= 15 is 0 Å². The van der Waals surface area contributed by atoms with Crippen LogP contribution in [0, 0.1) is 0 Å². The Bertz CT molecular complexity index is 636. The van der Waals surface area contributed by atoms with E-state index in [9.17, 15) is 4.79 Å². The number of carbonyl (C=O) groups is 1. The highest BCUT2D eigenvalue weighted by Gasteiger charge is 2.20. The van der Waals surface area contributed by atoms with Crippen LogP contribution >= 0.6 is 0 Å². The van der Waals surface area contributed by atoms with Crippen LogP contribution in [0.2, 0.25) is 0 Å². The molecule has 0 radical (unpaired) electrons. The van der Waals surface area contributed by atoms with E-state index in [1.807, 2.05) is 23.1 Å². The minimum absolute atomic E-state index is 0.0418. The molecule has 1 aliphatic rings. The van der Waals surface area contributed by atoms with E-state index in [2.05, 4.69) is 33.9 Å².